The number of carboxylic acids is 1. The lowest BCUT2D eigenvalue weighted by molar-refractivity contribution is -0.210. The van der Waals surface area contributed by atoms with Crippen molar-refractivity contribution in [3.05, 3.63) is 11.6 Å². The Kier molecular flexibility index (Phi) is 3.97. The van der Waals surface area contributed by atoms with Crippen molar-refractivity contribution in [2.45, 2.75) is 90.4 Å². The second-order valence-electron chi connectivity index (χ2n) is 9.42. The van der Waals surface area contributed by atoms with Gasteiger partial charge in [0.2, 0.25) is 0 Å². The molecule has 4 heteroatoms. The minimum absolute atomic E-state index is 0.0504. The van der Waals surface area contributed by atoms with E-state index in [1.165, 1.54) is 5.57 Å². The number of aliphatic carboxylic acids is 1. The number of rotatable bonds is 2. The first-order chi connectivity index (χ1) is 11.0. The van der Waals surface area contributed by atoms with E-state index in [4.69, 9.17) is 4.74 Å². The average molecular weight is 336 g/mol. The van der Waals surface area contributed by atoms with E-state index in [0.29, 0.717) is 5.92 Å². The minimum Gasteiger partial charge on any atom is -0.481 e. The number of hydrogen-bond acceptors (Lipinski definition) is 3. The zero-order chi connectivity index (χ0) is 18.0. The summed E-state index contributed by atoms with van der Waals surface area (Å²) in [5, 5.41) is 19.8. The van der Waals surface area contributed by atoms with Crippen LogP contribution in [0.1, 0.15) is 73.1 Å². The molecule has 136 valence electrons. The molecule has 3 aliphatic rings. The molecule has 1 heterocycles. The third kappa shape index (κ3) is 2.29. The number of hydrogen-bond donors (Lipinski definition) is 2. The van der Waals surface area contributed by atoms with Gasteiger partial charge in [-0.15, -0.1) is 0 Å². The summed E-state index contributed by atoms with van der Waals surface area (Å²) in [5.41, 5.74) is 0.0309. The van der Waals surface area contributed by atoms with Gasteiger partial charge < -0.3 is 14.9 Å². The Labute approximate surface area is 145 Å². The molecule has 0 aromatic rings. The lowest BCUT2D eigenvalue weighted by Crippen LogP contribution is -2.62. The molecular weight excluding hydrogens is 304 g/mol. The normalized spacial score (nSPS) is 47.3. The predicted molar refractivity (Wildman–Crippen MR) is 92.7 cm³/mol. The number of aliphatic hydroxyl groups excluding tert-OH is 1. The Balaban J connectivity index is 2.03. The van der Waals surface area contributed by atoms with Gasteiger partial charge in [0.05, 0.1) is 23.7 Å². The van der Waals surface area contributed by atoms with Crippen molar-refractivity contribution in [3.63, 3.8) is 0 Å². The van der Waals surface area contributed by atoms with Gasteiger partial charge in [0.15, 0.2) is 0 Å². The van der Waals surface area contributed by atoms with E-state index in [-0.39, 0.29) is 23.4 Å². The molecule has 0 amide bonds. The van der Waals surface area contributed by atoms with Gasteiger partial charge >= 0.3 is 5.97 Å². The molecule has 3 rings (SSSR count). The molecule has 0 bridgehead atoms. The van der Waals surface area contributed by atoms with Gasteiger partial charge in [0.25, 0.3) is 0 Å². The Bertz CT molecular complexity index is 580. The average Bonchev–Trinajstić information content (AvgIpc) is 2.80. The number of allylic oxidation sites excluding steroid dienone is 1. The number of aliphatic hydroxyl groups is 1. The van der Waals surface area contributed by atoms with Crippen LogP contribution in [0.4, 0.5) is 0 Å². The van der Waals surface area contributed by atoms with Gasteiger partial charge in [-0.2, -0.15) is 0 Å². The fraction of sp³-hybridized carbons (Fsp3) is 0.850. The number of carbonyl (C=O) groups is 1. The van der Waals surface area contributed by atoms with Gasteiger partial charge in [0.1, 0.15) is 0 Å². The largest absolute Gasteiger partial charge is 0.481 e. The van der Waals surface area contributed by atoms with Crippen LogP contribution in [0.5, 0.6) is 0 Å². The van der Waals surface area contributed by atoms with E-state index >= 15 is 0 Å². The topological polar surface area (TPSA) is 66.8 Å². The Morgan fingerprint density at radius 3 is 2.54 bits per heavy atom. The quantitative estimate of drug-likeness (QED) is 0.750. The first-order valence-corrected chi connectivity index (χ1v) is 9.24. The van der Waals surface area contributed by atoms with Gasteiger partial charge in [-0.3, -0.25) is 4.79 Å². The first kappa shape index (κ1) is 17.9. The van der Waals surface area contributed by atoms with Gasteiger partial charge in [-0.25, -0.2) is 0 Å². The van der Waals surface area contributed by atoms with Crippen LogP contribution in [0.2, 0.25) is 0 Å². The SMILES string of the molecule is CC1=CC[C@@H]2C(C)(C)[C@@H](O)CC[C@]2(C)[C@@]12CC[C@](C)(CC(=O)O)O2. The number of carboxylic acid groups (broad SMARTS) is 1. The molecule has 0 unspecified atom stereocenters. The van der Waals surface area contributed by atoms with Crippen LogP contribution in [-0.4, -0.2) is 33.5 Å². The van der Waals surface area contributed by atoms with Crippen molar-refractivity contribution in [3.8, 4) is 0 Å². The Morgan fingerprint density at radius 1 is 1.25 bits per heavy atom. The summed E-state index contributed by atoms with van der Waals surface area (Å²) in [7, 11) is 0. The van der Waals surface area contributed by atoms with E-state index in [9.17, 15) is 15.0 Å². The summed E-state index contributed by atoms with van der Waals surface area (Å²) in [6.45, 7) is 10.7. The molecule has 2 N–H and O–H groups in total. The lowest BCUT2D eigenvalue weighted by atomic mass is 9.46. The van der Waals surface area contributed by atoms with Crippen LogP contribution in [0.3, 0.4) is 0 Å². The van der Waals surface area contributed by atoms with Gasteiger partial charge in [-0.1, -0.05) is 26.8 Å². The first-order valence-electron chi connectivity index (χ1n) is 9.24. The molecular formula is C20H32O4. The fourth-order valence-electron chi connectivity index (χ4n) is 6.08. The molecule has 4 nitrogen and oxygen atoms in total. The van der Waals surface area contributed by atoms with Crippen molar-refractivity contribution in [2.75, 3.05) is 0 Å². The molecule has 24 heavy (non-hydrogen) atoms. The fourth-order valence-corrected chi connectivity index (χ4v) is 6.08. The van der Waals surface area contributed by atoms with Crippen molar-refractivity contribution >= 4 is 5.97 Å². The second kappa shape index (κ2) is 5.31. The predicted octanol–water partition coefficient (Wildman–Crippen LogP) is 3.92. The van der Waals surface area contributed by atoms with Crippen LogP contribution >= 0.6 is 0 Å². The van der Waals surface area contributed by atoms with Crippen LogP contribution in [0.25, 0.3) is 0 Å². The standard InChI is InChI=1S/C20H32O4/c1-13-6-7-14-17(2,3)15(21)8-9-19(14,5)20(13)11-10-18(4,24-20)12-16(22)23/h6,14-15,21H,7-12H2,1-5H3,(H,22,23)/t14-,15+,18-,19+,20-/m1/s1. The van der Waals surface area contributed by atoms with Gasteiger partial charge in [-0.05, 0) is 62.9 Å². The number of fused-ring (bicyclic) bond motifs is 2. The highest BCUT2D eigenvalue weighted by atomic mass is 16.5. The van der Waals surface area contributed by atoms with Crippen LogP contribution < -0.4 is 0 Å². The highest BCUT2D eigenvalue weighted by molar-refractivity contribution is 5.68. The maximum absolute atomic E-state index is 11.3. The monoisotopic (exact) mass is 336 g/mol. The van der Waals surface area contributed by atoms with Crippen LogP contribution in [-0.2, 0) is 9.53 Å². The maximum atomic E-state index is 11.3. The summed E-state index contributed by atoms with van der Waals surface area (Å²) < 4.78 is 6.67. The van der Waals surface area contributed by atoms with Crippen molar-refractivity contribution in [1.82, 2.24) is 0 Å². The van der Waals surface area contributed by atoms with E-state index in [2.05, 4.69) is 33.8 Å². The zero-order valence-electron chi connectivity index (χ0n) is 15.7. The van der Waals surface area contributed by atoms with E-state index in [1.807, 2.05) is 6.92 Å². The van der Waals surface area contributed by atoms with Crippen molar-refractivity contribution in [1.29, 1.82) is 0 Å². The zero-order valence-corrected chi connectivity index (χ0v) is 15.7. The summed E-state index contributed by atoms with van der Waals surface area (Å²) in [4.78, 5) is 11.3. The van der Waals surface area contributed by atoms with E-state index < -0.39 is 17.2 Å². The Hall–Kier alpha value is -0.870. The Morgan fingerprint density at radius 2 is 1.92 bits per heavy atom. The van der Waals surface area contributed by atoms with Crippen LogP contribution in [0, 0.1) is 16.7 Å². The molecule has 2 aliphatic carbocycles. The second-order valence-corrected chi connectivity index (χ2v) is 9.42. The summed E-state index contributed by atoms with van der Waals surface area (Å²) in [5.74, 6) is -0.460. The molecule has 2 fully saturated rings. The number of ether oxygens (including phenoxy) is 1. The molecule has 0 aromatic heterocycles. The minimum atomic E-state index is -0.798. The maximum Gasteiger partial charge on any atom is 0.306 e. The highest BCUT2D eigenvalue weighted by Gasteiger charge is 2.65. The smallest absolute Gasteiger partial charge is 0.306 e. The lowest BCUT2D eigenvalue weighted by Gasteiger charge is -2.62. The summed E-state index contributed by atoms with van der Waals surface area (Å²) in [6, 6.07) is 0. The van der Waals surface area contributed by atoms with Gasteiger partial charge in [0, 0.05) is 5.41 Å². The van der Waals surface area contributed by atoms with Crippen molar-refractivity contribution < 1.29 is 19.7 Å². The molecule has 0 aromatic carbocycles. The highest BCUT2D eigenvalue weighted by Crippen LogP contribution is 2.66. The molecule has 1 saturated carbocycles. The third-order valence-electron chi connectivity index (χ3n) is 7.63. The summed E-state index contributed by atoms with van der Waals surface area (Å²) in [6.07, 6.45) is 6.37. The molecule has 1 saturated heterocycles. The molecule has 1 aliphatic heterocycles. The van der Waals surface area contributed by atoms with Crippen LogP contribution in [0.15, 0.2) is 11.6 Å². The third-order valence-corrected chi connectivity index (χ3v) is 7.63. The van der Waals surface area contributed by atoms with E-state index in [1.54, 1.807) is 0 Å². The van der Waals surface area contributed by atoms with Crippen molar-refractivity contribution in [2.24, 2.45) is 16.7 Å². The summed E-state index contributed by atoms with van der Waals surface area (Å²) >= 11 is 0. The molecule has 1 spiro atoms. The van der Waals surface area contributed by atoms with E-state index in [0.717, 1.165) is 32.1 Å². The molecule has 5 atom stereocenters. The molecule has 0 radical (unpaired) electrons.